The minimum atomic E-state index is -3.68. The fraction of sp³-hybridized carbons (Fsp3) is 0.357. The van der Waals surface area contributed by atoms with Gasteiger partial charge >= 0.3 is 0 Å². The summed E-state index contributed by atoms with van der Waals surface area (Å²) in [5, 5.41) is 0. The van der Waals surface area contributed by atoms with E-state index in [1.54, 1.807) is 31.4 Å². The zero-order valence-corrected chi connectivity index (χ0v) is 20.7. The van der Waals surface area contributed by atoms with Gasteiger partial charge in [0, 0.05) is 32.5 Å². The molecule has 1 heterocycles. The first kappa shape index (κ1) is 23.9. The highest BCUT2D eigenvalue weighted by Gasteiger charge is 2.30. The average Bonchev–Trinajstić information content (AvgIpc) is 3.54. The summed E-state index contributed by atoms with van der Waals surface area (Å²) in [5.74, 6) is 1.28. The Hall–Kier alpha value is -2.87. The van der Waals surface area contributed by atoms with E-state index < -0.39 is 10.0 Å². The van der Waals surface area contributed by atoms with Gasteiger partial charge in [-0.05, 0) is 53.8 Å². The number of ether oxygens (including phenoxy) is 3. The maximum absolute atomic E-state index is 13.5. The van der Waals surface area contributed by atoms with Crippen molar-refractivity contribution >= 4 is 10.0 Å². The highest BCUT2D eigenvalue weighted by atomic mass is 32.2. The highest BCUT2D eigenvalue weighted by Crippen LogP contribution is 2.33. The van der Waals surface area contributed by atoms with Crippen LogP contribution in [0, 0.1) is 0 Å². The number of rotatable bonds is 9. The van der Waals surface area contributed by atoms with Gasteiger partial charge in [0.05, 0.1) is 18.1 Å². The number of methoxy groups -OCH3 is 1. The van der Waals surface area contributed by atoms with E-state index in [-0.39, 0.29) is 23.6 Å². The Morgan fingerprint density at radius 3 is 2.31 bits per heavy atom. The third kappa shape index (κ3) is 5.37. The van der Waals surface area contributed by atoms with E-state index in [1.165, 1.54) is 15.4 Å². The lowest BCUT2D eigenvalue weighted by Crippen LogP contribution is -2.37. The van der Waals surface area contributed by atoms with Gasteiger partial charge in [-0.1, -0.05) is 48.5 Å². The monoisotopic (exact) mass is 493 g/mol. The van der Waals surface area contributed by atoms with Crippen molar-refractivity contribution in [3.05, 3.63) is 89.5 Å². The number of hydrogen-bond acceptors (Lipinski definition) is 5. The molecule has 5 rings (SSSR count). The first-order valence-corrected chi connectivity index (χ1v) is 13.5. The summed E-state index contributed by atoms with van der Waals surface area (Å²) in [6.45, 7) is 1.22. The van der Waals surface area contributed by atoms with Gasteiger partial charge in [-0.25, -0.2) is 8.42 Å². The predicted molar refractivity (Wildman–Crippen MR) is 134 cm³/mol. The number of fused-ring (bicyclic) bond motifs is 1. The Morgan fingerprint density at radius 2 is 1.66 bits per heavy atom. The second-order valence-corrected chi connectivity index (χ2v) is 11.1. The normalized spacial score (nSPS) is 18.1. The van der Waals surface area contributed by atoms with Crippen molar-refractivity contribution in [3.63, 3.8) is 0 Å². The molecule has 1 aliphatic carbocycles. The van der Waals surface area contributed by atoms with Crippen LogP contribution >= 0.6 is 0 Å². The predicted octanol–water partition coefficient (Wildman–Crippen LogP) is 4.61. The molecule has 6 nitrogen and oxygen atoms in total. The largest absolute Gasteiger partial charge is 0.493 e. The van der Waals surface area contributed by atoms with Crippen LogP contribution in [-0.2, 0) is 34.1 Å². The van der Waals surface area contributed by atoms with Crippen LogP contribution in [0.1, 0.15) is 29.5 Å². The molecule has 1 saturated heterocycles. The highest BCUT2D eigenvalue weighted by molar-refractivity contribution is 7.89. The molecule has 0 spiro atoms. The Balaban J connectivity index is 1.35. The Kier molecular flexibility index (Phi) is 7.09. The Labute approximate surface area is 207 Å². The van der Waals surface area contributed by atoms with Crippen molar-refractivity contribution in [2.75, 3.05) is 20.3 Å². The van der Waals surface area contributed by atoms with E-state index in [0.717, 1.165) is 31.2 Å². The molecule has 1 fully saturated rings. The maximum atomic E-state index is 13.5. The van der Waals surface area contributed by atoms with Gasteiger partial charge in [0.2, 0.25) is 10.0 Å². The molecule has 3 aromatic rings. The second-order valence-electron chi connectivity index (χ2n) is 9.15. The average molecular weight is 494 g/mol. The molecule has 7 heteroatoms. The van der Waals surface area contributed by atoms with Gasteiger partial charge in [0.25, 0.3) is 0 Å². The van der Waals surface area contributed by atoms with Crippen molar-refractivity contribution in [1.82, 2.24) is 4.31 Å². The maximum Gasteiger partial charge on any atom is 0.243 e. The Bertz CT molecular complexity index is 1230. The summed E-state index contributed by atoms with van der Waals surface area (Å²) in [6, 6.07) is 22.7. The zero-order valence-electron chi connectivity index (χ0n) is 19.9. The van der Waals surface area contributed by atoms with Crippen molar-refractivity contribution in [3.8, 4) is 11.5 Å². The molecular formula is C28H31NO5S. The van der Waals surface area contributed by atoms with Crippen LogP contribution in [0.5, 0.6) is 11.5 Å². The topological polar surface area (TPSA) is 65.1 Å². The summed E-state index contributed by atoms with van der Waals surface area (Å²) in [4.78, 5) is 0.283. The molecule has 3 aromatic carbocycles. The van der Waals surface area contributed by atoms with Gasteiger partial charge in [0.15, 0.2) is 11.5 Å². The molecule has 0 bridgehead atoms. The summed E-state index contributed by atoms with van der Waals surface area (Å²) >= 11 is 0. The lowest BCUT2D eigenvalue weighted by molar-refractivity contribution is 0.0925. The van der Waals surface area contributed by atoms with E-state index >= 15 is 0 Å². The first-order valence-electron chi connectivity index (χ1n) is 12.1. The molecular weight excluding hydrogens is 462 g/mol. The van der Waals surface area contributed by atoms with Crippen LogP contribution in [0.2, 0.25) is 0 Å². The Morgan fingerprint density at radius 1 is 0.943 bits per heavy atom. The molecule has 0 N–H and O–H groups in total. The first-order chi connectivity index (χ1) is 17.0. The zero-order chi connectivity index (χ0) is 24.3. The number of nitrogens with zero attached hydrogens (tertiary/aromatic N) is 1. The van der Waals surface area contributed by atoms with E-state index in [0.29, 0.717) is 24.7 Å². The molecule has 0 saturated carbocycles. The molecule has 35 heavy (non-hydrogen) atoms. The standard InChI is InChI=1S/C28H31NO5S/c1-32-28-16-21(13-14-27(28)34-25-17-22-8-5-6-9-23(22)18-25)19-29(20-24-10-7-15-33-24)35(30,31)26-11-3-2-4-12-26/h2-6,8-9,11-14,16,24-25H,7,10,15,17-20H2,1H3/t24-/m0/s1. The van der Waals surface area contributed by atoms with E-state index in [4.69, 9.17) is 14.2 Å². The van der Waals surface area contributed by atoms with Crippen molar-refractivity contribution in [2.45, 2.75) is 49.3 Å². The minimum Gasteiger partial charge on any atom is -0.493 e. The number of hydrogen-bond donors (Lipinski definition) is 0. The van der Waals surface area contributed by atoms with Crippen LogP contribution in [0.4, 0.5) is 0 Å². The van der Waals surface area contributed by atoms with Crippen molar-refractivity contribution in [2.24, 2.45) is 0 Å². The second kappa shape index (κ2) is 10.4. The van der Waals surface area contributed by atoms with E-state index in [1.807, 2.05) is 24.3 Å². The molecule has 1 aliphatic heterocycles. The SMILES string of the molecule is COc1cc(CN(C[C@@H]2CCCO2)S(=O)(=O)c2ccccc2)ccc1OC1Cc2ccccc2C1. The van der Waals surface area contributed by atoms with Crippen molar-refractivity contribution in [1.29, 1.82) is 0 Å². The molecule has 2 aliphatic rings. The van der Waals surface area contributed by atoms with Gasteiger partial charge in [-0.3, -0.25) is 0 Å². The van der Waals surface area contributed by atoms with Crippen LogP contribution < -0.4 is 9.47 Å². The number of benzene rings is 3. The smallest absolute Gasteiger partial charge is 0.243 e. The fourth-order valence-corrected chi connectivity index (χ4v) is 6.38. The molecule has 0 aromatic heterocycles. The van der Waals surface area contributed by atoms with Crippen LogP contribution in [-0.4, -0.2) is 45.2 Å². The lowest BCUT2D eigenvalue weighted by Gasteiger charge is -2.25. The van der Waals surface area contributed by atoms with Crippen LogP contribution in [0.25, 0.3) is 0 Å². The third-order valence-corrected chi connectivity index (χ3v) is 8.53. The van der Waals surface area contributed by atoms with E-state index in [2.05, 4.69) is 24.3 Å². The summed E-state index contributed by atoms with van der Waals surface area (Å²) in [7, 11) is -2.07. The van der Waals surface area contributed by atoms with Gasteiger partial charge in [-0.15, -0.1) is 0 Å². The van der Waals surface area contributed by atoms with Crippen molar-refractivity contribution < 1.29 is 22.6 Å². The molecule has 0 amide bonds. The van der Waals surface area contributed by atoms with Crippen LogP contribution in [0.15, 0.2) is 77.7 Å². The summed E-state index contributed by atoms with van der Waals surface area (Å²) < 4.78 is 46.2. The van der Waals surface area contributed by atoms with Gasteiger partial charge < -0.3 is 14.2 Å². The third-order valence-electron chi connectivity index (χ3n) is 6.71. The molecule has 184 valence electrons. The molecule has 0 unspecified atom stereocenters. The summed E-state index contributed by atoms with van der Waals surface area (Å²) in [5.41, 5.74) is 3.48. The molecule has 0 radical (unpaired) electrons. The number of sulfonamides is 1. The minimum absolute atomic E-state index is 0.0571. The van der Waals surface area contributed by atoms with Crippen LogP contribution in [0.3, 0.4) is 0 Å². The van der Waals surface area contributed by atoms with Gasteiger partial charge in [-0.2, -0.15) is 4.31 Å². The fourth-order valence-electron chi connectivity index (χ4n) is 4.90. The quantitative estimate of drug-likeness (QED) is 0.436. The lowest BCUT2D eigenvalue weighted by atomic mass is 10.1. The van der Waals surface area contributed by atoms with E-state index in [9.17, 15) is 8.42 Å². The molecule has 1 atom stereocenters. The van der Waals surface area contributed by atoms with Gasteiger partial charge in [0.1, 0.15) is 6.10 Å². The summed E-state index contributed by atoms with van der Waals surface area (Å²) in [6.07, 6.45) is 3.51.